The standard InChI is InChI=1S/C12H17N3O4/c1-3-7-19-10-5-4-6-15(12(10)18)8-11(17)14-13-9(2)16/h4-6H,3,7-8H2,1-2H3,(H,13,16)(H,14,17). The lowest BCUT2D eigenvalue weighted by atomic mass is 10.4. The molecule has 19 heavy (non-hydrogen) atoms. The first-order valence-corrected chi connectivity index (χ1v) is 5.92. The lowest BCUT2D eigenvalue weighted by Crippen LogP contribution is -2.43. The average Bonchev–Trinajstić information content (AvgIpc) is 2.37. The van der Waals surface area contributed by atoms with Crippen LogP contribution in [0.3, 0.4) is 0 Å². The molecule has 0 fully saturated rings. The number of pyridine rings is 1. The Hall–Kier alpha value is -2.31. The van der Waals surface area contributed by atoms with Gasteiger partial charge in [-0.25, -0.2) is 0 Å². The van der Waals surface area contributed by atoms with Crippen molar-refractivity contribution < 1.29 is 14.3 Å². The molecule has 2 N–H and O–H groups in total. The molecular formula is C12H17N3O4. The Kier molecular flexibility index (Phi) is 5.59. The van der Waals surface area contributed by atoms with E-state index in [2.05, 4.69) is 10.9 Å². The fourth-order valence-corrected chi connectivity index (χ4v) is 1.31. The van der Waals surface area contributed by atoms with Crippen molar-refractivity contribution in [1.82, 2.24) is 15.4 Å². The minimum atomic E-state index is -0.495. The van der Waals surface area contributed by atoms with Crippen LogP contribution in [0.15, 0.2) is 23.1 Å². The normalized spacial score (nSPS) is 9.79. The van der Waals surface area contributed by atoms with E-state index < -0.39 is 5.91 Å². The van der Waals surface area contributed by atoms with Crippen LogP contribution in [-0.2, 0) is 16.1 Å². The zero-order chi connectivity index (χ0) is 14.3. The highest BCUT2D eigenvalue weighted by Crippen LogP contribution is 2.02. The molecule has 7 heteroatoms. The Morgan fingerprint density at radius 2 is 2.11 bits per heavy atom. The summed E-state index contributed by atoms with van der Waals surface area (Å²) in [6, 6.07) is 3.18. The van der Waals surface area contributed by atoms with E-state index in [1.165, 1.54) is 17.7 Å². The summed E-state index contributed by atoms with van der Waals surface area (Å²) < 4.78 is 6.48. The average molecular weight is 267 g/mol. The molecule has 0 aliphatic heterocycles. The molecular weight excluding hydrogens is 250 g/mol. The summed E-state index contributed by atoms with van der Waals surface area (Å²) in [5.41, 5.74) is 3.95. The van der Waals surface area contributed by atoms with Crippen molar-refractivity contribution in [2.75, 3.05) is 6.61 Å². The van der Waals surface area contributed by atoms with Crippen molar-refractivity contribution in [3.05, 3.63) is 28.7 Å². The van der Waals surface area contributed by atoms with E-state index in [0.717, 1.165) is 6.42 Å². The van der Waals surface area contributed by atoms with Crippen LogP contribution in [0.2, 0.25) is 0 Å². The van der Waals surface area contributed by atoms with E-state index >= 15 is 0 Å². The Balaban J connectivity index is 2.70. The smallest absolute Gasteiger partial charge is 0.293 e. The van der Waals surface area contributed by atoms with Crippen molar-refractivity contribution in [2.45, 2.75) is 26.8 Å². The zero-order valence-electron chi connectivity index (χ0n) is 10.9. The van der Waals surface area contributed by atoms with Gasteiger partial charge in [0.05, 0.1) is 6.61 Å². The first-order valence-electron chi connectivity index (χ1n) is 5.92. The fraction of sp³-hybridized carbons (Fsp3) is 0.417. The van der Waals surface area contributed by atoms with Crippen LogP contribution in [0, 0.1) is 0 Å². The topological polar surface area (TPSA) is 89.4 Å². The van der Waals surface area contributed by atoms with Gasteiger partial charge in [0.15, 0.2) is 5.75 Å². The van der Waals surface area contributed by atoms with Crippen molar-refractivity contribution in [2.24, 2.45) is 0 Å². The van der Waals surface area contributed by atoms with Gasteiger partial charge in [-0.05, 0) is 18.6 Å². The number of nitrogens with one attached hydrogen (secondary N) is 2. The second-order valence-electron chi connectivity index (χ2n) is 3.88. The molecule has 0 radical (unpaired) electrons. The summed E-state index contributed by atoms with van der Waals surface area (Å²) in [4.78, 5) is 34.0. The lowest BCUT2D eigenvalue weighted by Gasteiger charge is -2.09. The number of ether oxygens (including phenoxy) is 1. The molecule has 0 aliphatic rings. The summed E-state index contributed by atoms with van der Waals surface area (Å²) in [6.07, 6.45) is 2.27. The van der Waals surface area contributed by atoms with Gasteiger partial charge in [0, 0.05) is 13.1 Å². The molecule has 0 saturated heterocycles. The number of amides is 2. The lowest BCUT2D eigenvalue weighted by molar-refractivity contribution is -0.128. The summed E-state index contributed by atoms with van der Waals surface area (Å²) in [6.45, 7) is 3.45. The monoisotopic (exact) mass is 267 g/mol. The maximum absolute atomic E-state index is 11.9. The predicted molar refractivity (Wildman–Crippen MR) is 68.4 cm³/mol. The van der Waals surface area contributed by atoms with Gasteiger partial charge in [0.25, 0.3) is 11.5 Å². The Morgan fingerprint density at radius 3 is 2.74 bits per heavy atom. The molecule has 7 nitrogen and oxygen atoms in total. The number of nitrogens with zero attached hydrogens (tertiary/aromatic N) is 1. The third-order valence-electron chi connectivity index (χ3n) is 2.14. The molecule has 1 aromatic rings. The van der Waals surface area contributed by atoms with Crippen LogP contribution in [-0.4, -0.2) is 23.0 Å². The summed E-state index contributed by atoms with van der Waals surface area (Å²) in [7, 11) is 0. The number of carbonyl (C=O) groups excluding carboxylic acids is 2. The molecule has 0 aromatic carbocycles. The molecule has 0 bridgehead atoms. The third-order valence-corrected chi connectivity index (χ3v) is 2.14. The van der Waals surface area contributed by atoms with Gasteiger partial charge in [-0.1, -0.05) is 6.92 Å². The molecule has 1 heterocycles. The van der Waals surface area contributed by atoms with Gasteiger partial charge in [-0.3, -0.25) is 25.2 Å². The molecule has 0 atom stereocenters. The number of rotatable bonds is 5. The maximum atomic E-state index is 11.9. The third kappa shape index (κ3) is 4.82. The van der Waals surface area contributed by atoms with E-state index in [4.69, 9.17) is 4.74 Å². The van der Waals surface area contributed by atoms with E-state index in [-0.39, 0.29) is 23.8 Å². The molecule has 1 aromatic heterocycles. The van der Waals surface area contributed by atoms with E-state index in [1.54, 1.807) is 12.1 Å². The van der Waals surface area contributed by atoms with Crippen molar-refractivity contribution in [3.63, 3.8) is 0 Å². The van der Waals surface area contributed by atoms with Gasteiger partial charge in [-0.2, -0.15) is 0 Å². The Morgan fingerprint density at radius 1 is 1.37 bits per heavy atom. The van der Waals surface area contributed by atoms with Gasteiger partial charge >= 0.3 is 0 Å². The zero-order valence-corrected chi connectivity index (χ0v) is 10.9. The van der Waals surface area contributed by atoms with Crippen LogP contribution >= 0.6 is 0 Å². The molecule has 2 amide bonds. The summed E-state index contributed by atoms with van der Waals surface area (Å²) in [5, 5.41) is 0. The van der Waals surface area contributed by atoms with Crippen LogP contribution < -0.4 is 21.1 Å². The highest BCUT2D eigenvalue weighted by molar-refractivity contribution is 5.80. The summed E-state index contributed by atoms with van der Waals surface area (Å²) >= 11 is 0. The minimum Gasteiger partial charge on any atom is -0.488 e. The molecule has 0 aliphatic carbocycles. The van der Waals surface area contributed by atoms with E-state index in [1.807, 2.05) is 6.92 Å². The van der Waals surface area contributed by atoms with Crippen molar-refractivity contribution in [1.29, 1.82) is 0 Å². The Labute approximate surface area is 110 Å². The minimum absolute atomic E-state index is 0.192. The Bertz CT molecular complexity index is 510. The SMILES string of the molecule is CCCOc1cccn(CC(=O)NNC(C)=O)c1=O. The number of hydrogen-bond donors (Lipinski definition) is 2. The van der Waals surface area contributed by atoms with Crippen LogP contribution in [0.1, 0.15) is 20.3 Å². The highest BCUT2D eigenvalue weighted by atomic mass is 16.5. The van der Waals surface area contributed by atoms with E-state index in [9.17, 15) is 14.4 Å². The molecule has 0 spiro atoms. The number of hydrazine groups is 1. The fourth-order valence-electron chi connectivity index (χ4n) is 1.31. The van der Waals surface area contributed by atoms with Gasteiger partial charge in [-0.15, -0.1) is 0 Å². The molecule has 0 saturated carbocycles. The number of hydrogen-bond acceptors (Lipinski definition) is 4. The first kappa shape index (κ1) is 14.7. The first-order chi connectivity index (χ1) is 9.04. The molecule has 104 valence electrons. The number of carbonyl (C=O) groups is 2. The van der Waals surface area contributed by atoms with Gasteiger partial charge in [0.1, 0.15) is 6.54 Å². The quantitative estimate of drug-likeness (QED) is 0.723. The van der Waals surface area contributed by atoms with Crippen LogP contribution in [0.4, 0.5) is 0 Å². The maximum Gasteiger partial charge on any atom is 0.293 e. The van der Waals surface area contributed by atoms with Crippen LogP contribution in [0.5, 0.6) is 5.75 Å². The predicted octanol–water partition coefficient (Wildman–Crippen LogP) is -0.196. The van der Waals surface area contributed by atoms with Crippen molar-refractivity contribution in [3.8, 4) is 5.75 Å². The van der Waals surface area contributed by atoms with Crippen LogP contribution in [0.25, 0.3) is 0 Å². The second-order valence-corrected chi connectivity index (χ2v) is 3.88. The second kappa shape index (κ2) is 7.20. The summed E-state index contributed by atoms with van der Waals surface area (Å²) in [5.74, 6) is -0.678. The van der Waals surface area contributed by atoms with Gasteiger partial charge in [0.2, 0.25) is 5.91 Å². The number of aromatic nitrogens is 1. The van der Waals surface area contributed by atoms with E-state index in [0.29, 0.717) is 6.61 Å². The highest BCUT2D eigenvalue weighted by Gasteiger charge is 2.08. The largest absolute Gasteiger partial charge is 0.488 e. The molecule has 1 rings (SSSR count). The van der Waals surface area contributed by atoms with Gasteiger partial charge < -0.3 is 9.30 Å². The van der Waals surface area contributed by atoms with Crippen molar-refractivity contribution >= 4 is 11.8 Å². The molecule has 0 unspecified atom stereocenters.